The van der Waals surface area contributed by atoms with Gasteiger partial charge in [0.25, 0.3) is 0 Å². The number of fused-ring (bicyclic) bond motifs is 3. The molecule has 146 valence electrons. The van der Waals surface area contributed by atoms with Gasteiger partial charge in [-0.3, -0.25) is 0 Å². The molecule has 3 heterocycles. The summed E-state index contributed by atoms with van der Waals surface area (Å²) in [6.45, 7) is 0. The molecule has 0 radical (unpaired) electrons. The van der Waals surface area contributed by atoms with Crippen molar-refractivity contribution >= 4 is 34.1 Å². The van der Waals surface area contributed by atoms with Gasteiger partial charge in [-0.1, -0.05) is 0 Å². The molecule has 0 aliphatic heterocycles. The van der Waals surface area contributed by atoms with Gasteiger partial charge in [0, 0.05) is 0 Å². The molecule has 0 aliphatic carbocycles. The van der Waals surface area contributed by atoms with Crippen molar-refractivity contribution < 1.29 is 0 Å². The van der Waals surface area contributed by atoms with E-state index < -0.39 is 0 Å². The summed E-state index contributed by atoms with van der Waals surface area (Å²) >= 11 is 0.184. The first-order chi connectivity index (χ1) is 15.4. The van der Waals surface area contributed by atoms with Crippen LogP contribution in [0.5, 0.6) is 0 Å². The molecule has 0 amide bonds. The van der Waals surface area contributed by atoms with E-state index in [1.165, 1.54) is 41.9 Å². The molecule has 31 heavy (non-hydrogen) atoms. The van der Waals surface area contributed by atoms with Crippen molar-refractivity contribution in [2.45, 2.75) is 0 Å². The summed E-state index contributed by atoms with van der Waals surface area (Å²) in [5.74, 6) is 0. The van der Waals surface area contributed by atoms with E-state index in [-0.39, 0.29) is 14.5 Å². The maximum atomic E-state index is 5.20. The molecule has 0 spiro atoms. The van der Waals surface area contributed by atoms with Crippen molar-refractivity contribution in [2.24, 2.45) is 0 Å². The van der Waals surface area contributed by atoms with Crippen molar-refractivity contribution in [1.82, 2.24) is 9.97 Å². The number of hydrogen-bond acceptors (Lipinski definition) is 2. The van der Waals surface area contributed by atoms with Gasteiger partial charge in [0.15, 0.2) is 0 Å². The molecule has 0 saturated carbocycles. The van der Waals surface area contributed by atoms with Crippen LogP contribution in [0.3, 0.4) is 0 Å². The molecule has 0 aliphatic rings. The molecule has 3 aromatic carbocycles. The predicted octanol–water partition coefficient (Wildman–Crippen LogP) is 6.84. The summed E-state index contributed by atoms with van der Waals surface area (Å²) < 4.78 is 2.48. The first-order valence-electron chi connectivity index (χ1n) is 10.3. The molecule has 6 aromatic rings. The third-order valence-corrected chi connectivity index (χ3v) is 7.79. The van der Waals surface area contributed by atoms with Crippen molar-refractivity contribution in [3.05, 3.63) is 109 Å². The van der Waals surface area contributed by atoms with Crippen LogP contribution in [0, 0.1) is 0 Å². The van der Waals surface area contributed by atoms with Gasteiger partial charge in [-0.05, 0) is 0 Å². The van der Waals surface area contributed by atoms with E-state index >= 15 is 0 Å². The molecule has 2 nitrogen and oxygen atoms in total. The quantitative estimate of drug-likeness (QED) is 0.270. The molecule has 3 heteroatoms. The van der Waals surface area contributed by atoms with Crippen LogP contribution in [-0.4, -0.2) is 24.5 Å². The number of benzene rings is 3. The summed E-state index contributed by atoms with van der Waals surface area (Å²) in [7, 11) is 0. The monoisotopic (exact) mass is 462 g/mol. The van der Waals surface area contributed by atoms with Crippen molar-refractivity contribution in [3.63, 3.8) is 0 Å². The Morgan fingerprint density at radius 1 is 0.581 bits per heavy atom. The van der Waals surface area contributed by atoms with Crippen LogP contribution < -0.4 is 0 Å². The minimum atomic E-state index is 0.184. The Kier molecular flexibility index (Phi) is 4.49. The van der Waals surface area contributed by atoms with Gasteiger partial charge in [-0.25, -0.2) is 0 Å². The fourth-order valence-electron chi connectivity index (χ4n) is 4.16. The SMILES string of the molecule is c1ccc(-c2cccc(-c3ccccc3)c2-c2ccc3c(n2)[se]c2cccnc23)cc1. The normalized spacial score (nSPS) is 11.2. The molecule has 0 unspecified atom stereocenters. The number of aromatic nitrogens is 2. The average Bonchev–Trinajstić information content (AvgIpc) is 3.22. The number of hydrogen-bond donors (Lipinski definition) is 0. The van der Waals surface area contributed by atoms with Crippen LogP contribution in [0.2, 0.25) is 0 Å². The molecule has 0 N–H and O–H groups in total. The van der Waals surface area contributed by atoms with E-state index in [4.69, 9.17) is 4.98 Å². The Hall–Kier alpha value is -3.52. The summed E-state index contributed by atoms with van der Waals surface area (Å²) in [5.41, 5.74) is 8.11. The molecule has 3 aromatic heterocycles. The Labute approximate surface area is 186 Å². The van der Waals surface area contributed by atoms with E-state index in [0.717, 1.165) is 11.2 Å². The van der Waals surface area contributed by atoms with Crippen LogP contribution >= 0.6 is 0 Å². The van der Waals surface area contributed by atoms with Gasteiger partial charge in [0.05, 0.1) is 0 Å². The Balaban J connectivity index is 1.65. The predicted molar refractivity (Wildman–Crippen MR) is 130 cm³/mol. The Bertz CT molecular complexity index is 1460. The van der Waals surface area contributed by atoms with Crippen molar-refractivity contribution in [3.8, 4) is 33.5 Å². The summed E-state index contributed by atoms with van der Waals surface area (Å²) in [4.78, 5) is 9.81. The second kappa shape index (κ2) is 7.63. The molecule has 6 rings (SSSR count). The standard InChI is InChI=1S/C28H18N2Se/c1-3-9-19(10-4-1)21-13-7-14-22(20-11-5-2-6-12-20)26(21)24-17-16-23-27-25(15-8-18-29-27)31-28(23)30-24/h1-18H. The van der Waals surface area contributed by atoms with Crippen LogP contribution in [0.15, 0.2) is 109 Å². The van der Waals surface area contributed by atoms with Crippen LogP contribution in [0.1, 0.15) is 0 Å². The molecular formula is C28H18N2Se. The zero-order valence-corrected chi connectivity index (χ0v) is 18.4. The van der Waals surface area contributed by atoms with Crippen molar-refractivity contribution in [2.75, 3.05) is 0 Å². The number of rotatable bonds is 3. The third kappa shape index (κ3) is 3.19. The number of pyridine rings is 2. The second-order valence-corrected chi connectivity index (χ2v) is 9.62. The van der Waals surface area contributed by atoms with Crippen LogP contribution in [0.25, 0.3) is 53.1 Å². The first kappa shape index (κ1) is 18.3. The van der Waals surface area contributed by atoms with E-state index in [1.54, 1.807) is 0 Å². The van der Waals surface area contributed by atoms with Crippen LogP contribution in [-0.2, 0) is 0 Å². The van der Waals surface area contributed by atoms with Gasteiger partial charge in [0.2, 0.25) is 0 Å². The van der Waals surface area contributed by atoms with Crippen molar-refractivity contribution in [1.29, 1.82) is 0 Å². The average molecular weight is 461 g/mol. The zero-order valence-electron chi connectivity index (χ0n) is 16.7. The van der Waals surface area contributed by atoms with E-state index in [2.05, 4.69) is 102 Å². The molecule has 0 saturated heterocycles. The van der Waals surface area contributed by atoms with E-state index in [0.29, 0.717) is 0 Å². The molecule has 0 bridgehead atoms. The van der Waals surface area contributed by atoms with Gasteiger partial charge in [-0.2, -0.15) is 0 Å². The van der Waals surface area contributed by atoms with Crippen LogP contribution in [0.4, 0.5) is 0 Å². The topological polar surface area (TPSA) is 25.8 Å². The summed E-state index contributed by atoms with van der Waals surface area (Å²) in [6.07, 6.45) is 1.87. The van der Waals surface area contributed by atoms with Gasteiger partial charge in [-0.15, -0.1) is 0 Å². The third-order valence-electron chi connectivity index (χ3n) is 5.58. The number of nitrogens with zero attached hydrogens (tertiary/aromatic N) is 2. The first-order valence-corrected chi connectivity index (χ1v) is 12.0. The van der Waals surface area contributed by atoms with E-state index in [9.17, 15) is 0 Å². The fraction of sp³-hybridized carbons (Fsp3) is 0. The Morgan fingerprint density at radius 2 is 1.26 bits per heavy atom. The molecule has 0 atom stereocenters. The van der Waals surface area contributed by atoms with Gasteiger partial charge >= 0.3 is 187 Å². The zero-order chi connectivity index (χ0) is 20.6. The minimum absolute atomic E-state index is 0.184. The fourth-order valence-corrected chi connectivity index (χ4v) is 6.33. The summed E-state index contributed by atoms with van der Waals surface area (Å²) in [6, 6.07) is 36.3. The maximum absolute atomic E-state index is 5.20. The summed E-state index contributed by atoms with van der Waals surface area (Å²) in [5, 5.41) is 1.18. The van der Waals surface area contributed by atoms with E-state index in [1.807, 2.05) is 12.3 Å². The Morgan fingerprint density at radius 3 is 1.94 bits per heavy atom. The van der Waals surface area contributed by atoms with Gasteiger partial charge < -0.3 is 0 Å². The molecular weight excluding hydrogens is 443 g/mol. The second-order valence-electron chi connectivity index (χ2n) is 7.46. The molecule has 0 fully saturated rings. The van der Waals surface area contributed by atoms with Gasteiger partial charge in [0.1, 0.15) is 0 Å².